The minimum absolute atomic E-state index is 0.135. The van der Waals surface area contributed by atoms with Crippen molar-refractivity contribution in [2.75, 3.05) is 12.3 Å². The molecule has 0 bridgehead atoms. The Morgan fingerprint density at radius 2 is 1.95 bits per heavy atom. The summed E-state index contributed by atoms with van der Waals surface area (Å²) in [5, 5.41) is 0. The molecule has 106 valence electrons. The van der Waals surface area contributed by atoms with Gasteiger partial charge in [-0.05, 0) is 37.0 Å². The van der Waals surface area contributed by atoms with Crippen LogP contribution in [0.15, 0.2) is 24.3 Å². The van der Waals surface area contributed by atoms with Gasteiger partial charge in [-0.15, -0.1) is 0 Å². The van der Waals surface area contributed by atoms with E-state index in [9.17, 15) is 8.42 Å². The maximum absolute atomic E-state index is 12.2. The van der Waals surface area contributed by atoms with Crippen molar-refractivity contribution in [2.45, 2.75) is 38.8 Å². The molecule has 5 nitrogen and oxygen atoms in total. The first-order valence-electron chi connectivity index (χ1n) is 6.63. The smallest absolute Gasteiger partial charge is 0.280 e. The number of nitrogens with zero attached hydrogens (tertiary/aromatic N) is 1. The summed E-state index contributed by atoms with van der Waals surface area (Å²) < 4.78 is 28.7. The highest BCUT2D eigenvalue weighted by molar-refractivity contribution is 7.87. The van der Waals surface area contributed by atoms with Gasteiger partial charge in [-0.25, -0.2) is 0 Å². The number of hydrogen-bond donors (Lipinski definition) is 2. The first-order chi connectivity index (χ1) is 9.01. The van der Waals surface area contributed by atoms with Gasteiger partial charge in [0.05, 0.1) is 0 Å². The predicted octanol–water partition coefficient (Wildman–Crippen LogP) is 1.48. The summed E-state index contributed by atoms with van der Waals surface area (Å²) in [7, 11) is -3.38. The van der Waals surface area contributed by atoms with Crippen molar-refractivity contribution in [3.63, 3.8) is 0 Å². The van der Waals surface area contributed by atoms with Gasteiger partial charge >= 0.3 is 0 Å². The van der Waals surface area contributed by atoms with Gasteiger partial charge in [0.2, 0.25) is 0 Å². The molecule has 1 saturated carbocycles. The third-order valence-corrected chi connectivity index (χ3v) is 4.67. The summed E-state index contributed by atoms with van der Waals surface area (Å²) in [4.78, 5) is 0. The summed E-state index contributed by atoms with van der Waals surface area (Å²) in [5.41, 5.74) is 7.26. The van der Waals surface area contributed by atoms with E-state index in [4.69, 9.17) is 5.73 Å². The summed E-state index contributed by atoms with van der Waals surface area (Å²) in [6.07, 6.45) is 2.68. The van der Waals surface area contributed by atoms with E-state index in [1.54, 1.807) is 12.1 Å². The molecule has 1 aliphatic rings. The number of hydrogen-bond acceptors (Lipinski definition) is 3. The SMILES string of the molecule is CCCN(Cc1ccc(N)cc1)S(=O)(=O)NC1CC1. The Balaban J connectivity index is 2.08. The lowest BCUT2D eigenvalue weighted by Crippen LogP contribution is -2.41. The standard InChI is InChI=1S/C13H21N3O2S/c1-2-9-16(19(17,18)15-13-7-8-13)10-11-3-5-12(14)6-4-11/h3-6,13,15H,2,7-10,14H2,1H3. The highest BCUT2D eigenvalue weighted by Crippen LogP contribution is 2.21. The molecular formula is C13H21N3O2S. The molecule has 0 radical (unpaired) electrons. The van der Waals surface area contributed by atoms with Crippen LogP contribution in [0.4, 0.5) is 5.69 Å². The van der Waals surface area contributed by atoms with E-state index in [1.165, 1.54) is 4.31 Å². The Labute approximate surface area is 115 Å². The Bertz CT molecular complexity index is 509. The van der Waals surface area contributed by atoms with Crippen LogP contribution >= 0.6 is 0 Å². The van der Waals surface area contributed by atoms with Gasteiger partial charge in [-0.2, -0.15) is 17.4 Å². The fraction of sp³-hybridized carbons (Fsp3) is 0.538. The minimum atomic E-state index is -3.38. The normalized spacial score (nSPS) is 15.9. The Kier molecular flexibility index (Phi) is 4.44. The zero-order chi connectivity index (χ0) is 13.9. The minimum Gasteiger partial charge on any atom is -0.399 e. The Hall–Kier alpha value is -1.11. The first kappa shape index (κ1) is 14.3. The molecular weight excluding hydrogens is 262 g/mol. The number of anilines is 1. The fourth-order valence-corrected chi connectivity index (χ4v) is 3.39. The third-order valence-electron chi connectivity index (χ3n) is 3.04. The molecule has 0 amide bonds. The predicted molar refractivity (Wildman–Crippen MR) is 76.6 cm³/mol. The average Bonchev–Trinajstić information content (AvgIpc) is 3.14. The molecule has 0 aliphatic heterocycles. The lowest BCUT2D eigenvalue weighted by atomic mass is 10.2. The highest BCUT2D eigenvalue weighted by atomic mass is 32.2. The molecule has 2 rings (SSSR count). The largest absolute Gasteiger partial charge is 0.399 e. The number of benzene rings is 1. The second-order valence-corrected chi connectivity index (χ2v) is 6.67. The molecule has 0 spiro atoms. The monoisotopic (exact) mass is 283 g/mol. The maximum atomic E-state index is 12.2. The quantitative estimate of drug-likeness (QED) is 0.744. The van der Waals surface area contributed by atoms with Crippen molar-refractivity contribution < 1.29 is 8.42 Å². The first-order valence-corrected chi connectivity index (χ1v) is 8.07. The van der Waals surface area contributed by atoms with Crippen LogP contribution < -0.4 is 10.5 Å². The molecule has 1 aromatic rings. The van der Waals surface area contributed by atoms with Crippen molar-refractivity contribution in [1.29, 1.82) is 0 Å². The van der Waals surface area contributed by atoms with E-state index in [0.717, 1.165) is 24.8 Å². The van der Waals surface area contributed by atoms with Gasteiger partial charge in [0, 0.05) is 24.8 Å². The van der Waals surface area contributed by atoms with Crippen molar-refractivity contribution in [3.8, 4) is 0 Å². The zero-order valence-corrected chi connectivity index (χ0v) is 12.0. The van der Waals surface area contributed by atoms with Gasteiger partial charge in [0.1, 0.15) is 0 Å². The summed E-state index contributed by atoms with van der Waals surface area (Å²) in [6, 6.07) is 7.45. The van der Waals surface area contributed by atoms with E-state index in [-0.39, 0.29) is 6.04 Å². The van der Waals surface area contributed by atoms with Crippen LogP contribution in [0.1, 0.15) is 31.7 Å². The van der Waals surface area contributed by atoms with Crippen LogP contribution in [0.3, 0.4) is 0 Å². The van der Waals surface area contributed by atoms with Crippen molar-refractivity contribution in [3.05, 3.63) is 29.8 Å². The van der Waals surface area contributed by atoms with Crippen LogP contribution in [0.5, 0.6) is 0 Å². The van der Waals surface area contributed by atoms with Crippen LogP contribution in [-0.2, 0) is 16.8 Å². The van der Waals surface area contributed by atoms with Gasteiger partial charge in [-0.1, -0.05) is 19.1 Å². The van der Waals surface area contributed by atoms with E-state index in [2.05, 4.69) is 4.72 Å². The van der Waals surface area contributed by atoms with Gasteiger partial charge in [0.25, 0.3) is 10.2 Å². The van der Waals surface area contributed by atoms with Crippen LogP contribution in [-0.4, -0.2) is 25.3 Å². The topological polar surface area (TPSA) is 75.4 Å². The number of nitrogens with one attached hydrogen (secondary N) is 1. The molecule has 0 atom stereocenters. The second-order valence-electron chi connectivity index (χ2n) is 4.97. The summed E-state index contributed by atoms with van der Waals surface area (Å²) in [6.45, 7) is 2.88. The highest BCUT2D eigenvalue weighted by Gasteiger charge is 2.30. The van der Waals surface area contributed by atoms with Crippen molar-refractivity contribution in [1.82, 2.24) is 9.03 Å². The van der Waals surface area contributed by atoms with E-state index in [0.29, 0.717) is 18.8 Å². The van der Waals surface area contributed by atoms with Crippen LogP contribution in [0.2, 0.25) is 0 Å². The number of nitrogen functional groups attached to an aromatic ring is 1. The zero-order valence-electron chi connectivity index (χ0n) is 11.2. The Morgan fingerprint density at radius 3 is 2.47 bits per heavy atom. The van der Waals surface area contributed by atoms with E-state index >= 15 is 0 Å². The van der Waals surface area contributed by atoms with Gasteiger partial charge in [-0.3, -0.25) is 0 Å². The fourth-order valence-electron chi connectivity index (χ4n) is 1.85. The molecule has 6 heteroatoms. The molecule has 1 fully saturated rings. The number of nitrogens with two attached hydrogens (primary N) is 1. The van der Waals surface area contributed by atoms with Crippen molar-refractivity contribution >= 4 is 15.9 Å². The molecule has 0 saturated heterocycles. The molecule has 1 aromatic carbocycles. The van der Waals surface area contributed by atoms with Crippen molar-refractivity contribution in [2.24, 2.45) is 0 Å². The second kappa shape index (κ2) is 5.90. The van der Waals surface area contributed by atoms with Gasteiger partial charge < -0.3 is 5.73 Å². The molecule has 19 heavy (non-hydrogen) atoms. The third kappa shape index (κ3) is 4.19. The summed E-state index contributed by atoms with van der Waals surface area (Å²) >= 11 is 0. The number of rotatable bonds is 7. The lowest BCUT2D eigenvalue weighted by Gasteiger charge is -2.22. The molecule has 1 aliphatic carbocycles. The molecule has 3 N–H and O–H groups in total. The molecule has 0 aromatic heterocycles. The van der Waals surface area contributed by atoms with E-state index in [1.807, 2.05) is 19.1 Å². The van der Waals surface area contributed by atoms with Gasteiger partial charge in [0.15, 0.2) is 0 Å². The van der Waals surface area contributed by atoms with Crippen LogP contribution in [0, 0.1) is 0 Å². The Morgan fingerprint density at radius 1 is 1.32 bits per heavy atom. The molecule has 0 heterocycles. The van der Waals surface area contributed by atoms with E-state index < -0.39 is 10.2 Å². The average molecular weight is 283 g/mol. The maximum Gasteiger partial charge on any atom is 0.280 e. The molecule has 0 unspecified atom stereocenters. The summed E-state index contributed by atoms with van der Waals surface area (Å²) in [5.74, 6) is 0. The van der Waals surface area contributed by atoms with Crippen LogP contribution in [0.25, 0.3) is 0 Å². The lowest BCUT2D eigenvalue weighted by molar-refractivity contribution is 0.397.